The molecule has 0 spiro atoms. The molecule has 1 aromatic rings. The SMILES string of the molecule is C[Si](C)(C)C#CC(=CCBr)c1ccccc1. The first kappa shape index (κ1) is 13.3. The lowest BCUT2D eigenvalue weighted by molar-refractivity contribution is 1.62. The lowest BCUT2D eigenvalue weighted by Gasteiger charge is -2.05. The summed E-state index contributed by atoms with van der Waals surface area (Å²) in [5.74, 6) is 3.32. The van der Waals surface area contributed by atoms with Gasteiger partial charge in [0.2, 0.25) is 0 Å². The van der Waals surface area contributed by atoms with Crippen molar-refractivity contribution in [2.24, 2.45) is 0 Å². The van der Waals surface area contributed by atoms with Crippen molar-refractivity contribution in [2.45, 2.75) is 19.6 Å². The number of alkyl halides is 1. The van der Waals surface area contributed by atoms with Crippen LogP contribution >= 0.6 is 15.9 Å². The average molecular weight is 293 g/mol. The molecule has 2 heteroatoms. The number of allylic oxidation sites excluding steroid dienone is 2. The van der Waals surface area contributed by atoms with Crippen molar-refractivity contribution in [2.75, 3.05) is 5.33 Å². The molecule has 0 aliphatic rings. The Bertz CT molecular complexity index is 416. The van der Waals surface area contributed by atoms with E-state index in [4.69, 9.17) is 0 Å². The molecule has 0 bridgehead atoms. The van der Waals surface area contributed by atoms with Gasteiger partial charge < -0.3 is 0 Å². The summed E-state index contributed by atoms with van der Waals surface area (Å²) in [6.07, 6.45) is 2.13. The predicted molar refractivity (Wildman–Crippen MR) is 79.3 cm³/mol. The third-order valence-electron chi connectivity index (χ3n) is 1.94. The Morgan fingerprint density at radius 2 is 1.88 bits per heavy atom. The molecule has 0 fully saturated rings. The van der Waals surface area contributed by atoms with Crippen LogP contribution in [-0.2, 0) is 0 Å². The van der Waals surface area contributed by atoms with Crippen molar-refractivity contribution in [3.05, 3.63) is 42.0 Å². The van der Waals surface area contributed by atoms with Gasteiger partial charge in [-0.3, -0.25) is 0 Å². The third-order valence-corrected chi connectivity index (χ3v) is 3.14. The van der Waals surface area contributed by atoms with Crippen LogP contribution in [-0.4, -0.2) is 13.4 Å². The van der Waals surface area contributed by atoms with E-state index in [1.807, 2.05) is 18.2 Å². The van der Waals surface area contributed by atoms with E-state index in [-0.39, 0.29) is 0 Å². The van der Waals surface area contributed by atoms with Gasteiger partial charge in [0.1, 0.15) is 8.07 Å². The first-order valence-electron chi connectivity index (χ1n) is 5.37. The van der Waals surface area contributed by atoms with Crippen molar-refractivity contribution in [1.82, 2.24) is 0 Å². The largest absolute Gasteiger partial charge is 0.129 e. The molecule has 16 heavy (non-hydrogen) atoms. The molecule has 0 unspecified atom stereocenters. The van der Waals surface area contributed by atoms with Gasteiger partial charge in [-0.15, -0.1) is 5.54 Å². The highest BCUT2D eigenvalue weighted by Crippen LogP contribution is 2.14. The van der Waals surface area contributed by atoms with Gasteiger partial charge in [-0.05, 0) is 5.56 Å². The Morgan fingerprint density at radius 1 is 1.25 bits per heavy atom. The fourth-order valence-corrected chi connectivity index (χ4v) is 2.02. The number of halogens is 1. The smallest absolute Gasteiger partial charge is 0.127 e. The quantitative estimate of drug-likeness (QED) is 0.432. The Hall–Kier alpha value is -0.783. The maximum absolute atomic E-state index is 3.43. The van der Waals surface area contributed by atoms with E-state index in [1.54, 1.807) is 0 Å². The minimum absolute atomic E-state index is 0.845. The van der Waals surface area contributed by atoms with E-state index < -0.39 is 8.07 Å². The summed E-state index contributed by atoms with van der Waals surface area (Å²) >= 11 is 3.43. The van der Waals surface area contributed by atoms with Gasteiger partial charge in [-0.1, -0.05) is 77.9 Å². The van der Waals surface area contributed by atoms with E-state index in [2.05, 4.69) is 65.2 Å². The van der Waals surface area contributed by atoms with E-state index in [9.17, 15) is 0 Å². The molecule has 1 aromatic carbocycles. The first-order chi connectivity index (χ1) is 7.53. The zero-order valence-corrected chi connectivity index (χ0v) is 12.6. The molecular formula is C14H17BrSi. The van der Waals surface area contributed by atoms with Gasteiger partial charge in [0, 0.05) is 10.9 Å². The number of rotatable bonds is 2. The van der Waals surface area contributed by atoms with Crippen molar-refractivity contribution < 1.29 is 0 Å². The van der Waals surface area contributed by atoms with Crippen LogP contribution in [0.2, 0.25) is 19.6 Å². The van der Waals surface area contributed by atoms with E-state index >= 15 is 0 Å². The normalized spacial score (nSPS) is 11.9. The highest BCUT2D eigenvalue weighted by molar-refractivity contribution is 9.09. The molecule has 0 aliphatic heterocycles. The van der Waals surface area contributed by atoms with Gasteiger partial charge in [-0.2, -0.15) is 0 Å². The van der Waals surface area contributed by atoms with Gasteiger partial charge in [0.05, 0.1) is 0 Å². The fraction of sp³-hybridized carbons (Fsp3) is 0.286. The zero-order valence-electron chi connectivity index (χ0n) is 10.0. The molecular weight excluding hydrogens is 276 g/mol. The summed E-state index contributed by atoms with van der Waals surface area (Å²) in [4.78, 5) is 0. The van der Waals surface area contributed by atoms with Crippen molar-refractivity contribution in [1.29, 1.82) is 0 Å². The summed E-state index contributed by atoms with van der Waals surface area (Å²) in [6.45, 7) is 6.78. The topological polar surface area (TPSA) is 0 Å². The van der Waals surface area contributed by atoms with Crippen molar-refractivity contribution in [3.63, 3.8) is 0 Å². The van der Waals surface area contributed by atoms with Gasteiger partial charge in [-0.25, -0.2) is 0 Å². The molecule has 0 radical (unpaired) electrons. The van der Waals surface area contributed by atoms with Crippen LogP contribution in [0.1, 0.15) is 5.56 Å². The molecule has 0 saturated carbocycles. The van der Waals surface area contributed by atoms with Crippen LogP contribution in [0.25, 0.3) is 5.57 Å². The van der Waals surface area contributed by atoms with Crippen molar-refractivity contribution in [3.8, 4) is 11.5 Å². The van der Waals surface area contributed by atoms with Crippen molar-refractivity contribution >= 4 is 29.6 Å². The summed E-state index contributed by atoms with van der Waals surface area (Å²) in [5.41, 5.74) is 5.73. The highest BCUT2D eigenvalue weighted by Gasteiger charge is 2.08. The standard InChI is InChI=1S/C14H17BrSi/c1-16(2,3)12-10-14(9-11-15)13-7-5-4-6-8-13/h4-9H,11H2,1-3H3. The molecule has 0 saturated heterocycles. The van der Waals surface area contributed by atoms with Gasteiger partial charge >= 0.3 is 0 Å². The molecule has 1 rings (SSSR count). The molecule has 0 aliphatic carbocycles. The summed E-state index contributed by atoms with van der Waals surface area (Å²) in [7, 11) is -1.30. The molecule has 0 aromatic heterocycles. The summed E-state index contributed by atoms with van der Waals surface area (Å²) < 4.78 is 0. The van der Waals surface area contributed by atoms with Gasteiger partial charge in [0.25, 0.3) is 0 Å². The van der Waals surface area contributed by atoms with Crippen LogP contribution in [0.4, 0.5) is 0 Å². The number of hydrogen-bond acceptors (Lipinski definition) is 0. The molecule has 0 amide bonds. The van der Waals surface area contributed by atoms with E-state index in [0.29, 0.717) is 0 Å². The molecule has 0 N–H and O–H groups in total. The Labute approximate surface area is 108 Å². The monoisotopic (exact) mass is 292 g/mol. The highest BCUT2D eigenvalue weighted by atomic mass is 79.9. The second-order valence-corrected chi connectivity index (χ2v) is 10.0. The summed E-state index contributed by atoms with van der Waals surface area (Å²) in [5, 5.41) is 0.845. The Kier molecular flexibility index (Phi) is 5.04. The average Bonchev–Trinajstić information content (AvgIpc) is 2.24. The Balaban J connectivity index is 3.02. The van der Waals surface area contributed by atoms with Crippen LogP contribution in [0.5, 0.6) is 0 Å². The minimum atomic E-state index is -1.30. The lowest BCUT2D eigenvalue weighted by atomic mass is 10.1. The van der Waals surface area contributed by atoms with Crippen LogP contribution in [0, 0.1) is 11.5 Å². The van der Waals surface area contributed by atoms with Gasteiger partial charge in [0.15, 0.2) is 0 Å². The maximum atomic E-state index is 3.43. The third kappa shape index (κ3) is 4.83. The lowest BCUT2D eigenvalue weighted by Crippen LogP contribution is -2.16. The zero-order chi connectivity index (χ0) is 12.0. The predicted octanol–water partition coefficient (Wildman–Crippen LogP) is 4.35. The number of hydrogen-bond donors (Lipinski definition) is 0. The fourth-order valence-electron chi connectivity index (χ4n) is 1.19. The van der Waals surface area contributed by atoms with E-state index in [1.165, 1.54) is 5.56 Å². The van der Waals surface area contributed by atoms with Crippen LogP contribution < -0.4 is 0 Å². The van der Waals surface area contributed by atoms with Crippen LogP contribution in [0.15, 0.2) is 36.4 Å². The molecule has 0 heterocycles. The second-order valence-electron chi connectivity index (χ2n) is 4.64. The Morgan fingerprint density at radius 3 is 2.38 bits per heavy atom. The molecule has 84 valence electrons. The van der Waals surface area contributed by atoms with E-state index in [0.717, 1.165) is 10.9 Å². The first-order valence-corrected chi connectivity index (χ1v) is 10.00. The van der Waals surface area contributed by atoms with Crippen LogP contribution in [0.3, 0.4) is 0 Å². The second kappa shape index (κ2) is 6.08. The minimum Gasteiger partial charge on any atom is -0.127 e. The molecule has 0 nitrogen and oxygen atoms in total. The number of benzene rings is 1. The molecule has 0 atom stereocenters. The maximum Gasteiger partial charge on any atom is 0.129 e. The summed E-state index contributed by atoms with van der Waals surface area (Å²) in [6, 6.07) is 10.3.